The van der Waals surface area contributed by atoms with Crippen molar-refractivity contribution in [3.8, 4) is 5.75 Å². The SMILES string of the molecule is COCCCCOc1ccc(CN)cc1C(F)(F)F. The van der Waals surface area contributed by atoms with Crippen LogP contribution in [0.4, 0.5) is 13.2 Å². The van der Waals surface area contributed by atoms with Gasteiger partial charge in [0.25, 0.3) is 0 Å². The number of rotatable bonds is 7. The Morgan fingerprint density at radius 3 is 2.42 bits per heavy atom. The van der Waals surface area contributed by atoms with Crippen LogP contribution in [0.25, 0.3) is 0 Å². The van der Waals surface area contributed by atoms with Crippen LogP contribution in [0.2, 0.25) is 0 Å². The third kappa shape index (κ3) is 5.08. The lowest BCUT2D eigenvalue weighted by atomic mass is 10.1. The van der Waals surface area contributed by atoms with Crippen LogP contribution in [0.3, 0.4) is 0 Å². The molecular formula is C13H18F3NO2. The Labute approximate surface area is 110 Å². The van der Waals surface area contributed by atoms with Crippen molar-refractivity contribution >= 4 is 0 Å². The van der Waals surface area contributed by atoms with Gasteiger partial charge in [0, 0.05) is 20.3 Å². The summed E-state index contributed by atoms with van der Waals surface area (Å²) in [5.41, 5.74) is 5.00. The molecule has 0 bridgehead atoms. The van der Waals surface area contributed by atoms with Crippen LogP contribution in [0.15, 0.2) is 18.2 Å². The lowest BCUT2D eigenvalue weighted by Crippen LogP contribution is -2.11. The fourth-order valence-electron chi connectivity index (χ4n) is 1.58. The summed E-state index contributed by atoms with van der Waals surface area (Å²) in [6, 6.07) is 3.89. The van der Waals surface area contributed by atoms with Crippen molar-refractivity contribution in [3.05, 3.63) is 29.3 Å². The standard InChI is InChI=1S/C13H18F3NO2/c1-18-6-2-3-7-19-12-5-4-10(9-17)8-11(12)13(14,15)16/h4-5,8H,2-3,6-7,9,17H2,1H3. The van der Waals surface area contributed by atoms with Gasteiger partial charge in [-0.05, 0) is 30.5 Å². The molecule has 0 radical (unpaired) electrons. The second-order valence-corrected chi connectivity index (χ2v) is 4.08. The van der Waals surface area contributed by atoms with Gasteiger partial charge in [0.15, 0.2) is 0 Å². The van der Waals surface area contributed by atoms with Crippen molar-refractivity contribution in [3.63, 3.8) is 0 Å². The van der Waals surface area contributed by atoms with Crippen LogP contribution in [-0.4, -0.2) is 20.3 Å². The summed E-state index contributed by atoms with van der Waals surface area (Å²) in [7, 11) is 1.58. The molecule has 19 heavy (non-hydrogen) atoms. The number of halogens is 3. The van der Waals surface area contributed by atoms with Crippen LogP contribution in [0.1, 0.15) is 24.0 Å². The number of methoxy groups -OCH3 is 1. The Balaban J connectivity index is 2.71. The van der Waals surface area contributed by atoms with Crippen molar-refractivity contribution in [1.29, 1.82) is 0 Å². The summed E-state index contributed by atoms with van der Waals surface area (Å²) in [4.78, 5) is 0. The molecule has 1 aromatic rings. The van der Waals surface area contributed by atoms with E-state index in [0.717, 1.165) is 12.5 Å². The number of nitrogens with two attached hydrogens (primary N) is 1. The molecule has 0 spiro atoms. The molecular weight excluding hydrogens is 259 g/mol. The number of ether oxygens (including phenoxy) is 2. The first kappa shape index (κ1) is 15.8. The summed E-state index contributed by atoms with van der Waals surface area (Å²) < 4.78 is 48.6. The quantitative estimate of drug-likeness (QED) is 0.779. The lowest BCUT2D eigenvalue weighted by Gasteiger charge is -2.15. The van der Waals surface area contributed by atoms with E-state index < -0.39 is 11.7 Å². The average Bonchev–Trinajstić information content (AvgIpc) is 2.37. The molecule has 0 amide bonds. The summed E-state index contributed by atoms with van der Waals surface area (Å²) in [5.74, 6) is -0.151. The molecule has 2 N–H and O–H groups in total. The predicted molar refractivity (Wildman–Crippen MR) is 65.9 cm³/mol. The van der Waals surface area contributed by atoms with Gasteiger partial charge in [-0.2, -0.15) is 13.2 Å². The van der Waals surface area contributed by atoms with Crippen LogP contribution in [0.5, 0.6) is 5.75 Å². The second-order valence-electron chi connectivity index (χ2n) is 4.08. The maximum Gasteiger partial charge on any atom is 0.419 e. The predicted octanol–water partition coefficient (Wildman–Crippen LogP) is 2.97. The smallest absolute Gasteiger partial charge is 0.419 e. The van der Waals surface area contributed by atoms with Crippen molar-refractivity contribution in [1.82, 2.24) is 0 Å². The highest BCUT2D eigenvalue weighted by atomic mass is 19.4. The van der Waals surface area contributed by atoms with Gasteiger partial charge in [-0.25, -0.2) is 0 Å². The zero-order chi connectivity index (χ0) is 14.3. The van der Waals surface area contributed by atoms with Crippen LogP contribution in [-0.2, 0) is 17.5 Å². The molecule has 0 aliphatic rings. The number of hydrogen-bond acceptors (Lipinski definition) is 3. The molecule has 0 aromatic heterocycles. The van der Waals surface area contributed by atoms with E-state index in [2.05, 4.69) is 0 Å². The third-order valence-corrected chi connectivity index (χ3v) is 2.59. The van der Waals surface area contributed by atoms with Gasteiger partial charge in [-0.1, -0.05) is 6.07 Å². The van der Waals surface area contributed by atoms with Gasteiger partial charge < -0.3 is 15.2 Å². The van der Waals surface area contributed by atoms with Crippen LogP contribution >= 0.6 is 0 Å². The van der Waals surface area contributed by atoms with E-state index in [1.807, 2.05) is 0 Å². The van der Waals surface area contributed by atoms with E-state index in [-0.39, 0.29) is 18.9 Å². The highest BCUT2D eigenvalue weighted by Gasteiger charge is 2.34. The number of hydrogen-bond donors (Lipinski definition) is 1. The number of benzene rings is 1. The minimum atomic E-state index is -4.44. The molecule has 108 valence electrons. The normalized spacial score (nSPS) is 11.6. The van der Waals surface area contributed by atoms with E-state index in [4.69, 9.17) is 15.2 Å². The monoisotopic (exact) mass is 277 g/mol. The molecule has 6 heteroatoms. The summed E-state index contributed by atoms with van der Waals surface area (Å²) in [5, 5.41) is 0. The lowest BCUT2D eigenvalue weighted by molar-refractivity contribution is -0.139. The van der Waals surface area contributed by atoms with Crippen molar-refractivity contribution in [2.24, 2.45) is 5.73 Å². The first-order valence-corrected chi connectivity index (χ1v) is 6.01. The average molecular weight is 277 g/mol. The Hall–Kier alpha value is -1.27. The Morgan fingerprint density at radius 2 is 1.84 bits per heavy atom. The van der Waals surface area contributed by atoms with Crippen molar-refractivity contribution in [2.45, 2.75) is 25.6 Å². The Bertz CT molecular complexity index is 394. The molecule has 1 rings (SSSR count). The Morgan fingerprint density at radius 1 is 1.16 bits per heavy atom. The van der Waals surface area contributed by atoms with E-state index in [1.165, 1.54) is 6.07 Å². The van der Waals surface area contributed by atoms with E-state index in [0.29, 0.717) is 18.6 Å². The minimum Gasteiger partial charge on any atom is -0.493 e. The topological polar surface area (TPSA) is 44.5 Å². The minimum absolute atomic E-state index is 0.0667. The van der Waals surface area contributed by atoms with Crippen LogP contribution in [0, 0.1) is 0 Å². The van der Waals surface area contributed by atoms with Crippen molar-refractivity contribution in [2.75, 3.05) is 20.3 Å². The molecule has 1 aromatic carbocycles. The maximum absolute atomic E-state index is 12.9. The zero-order valence-electron chi connectivity index (χ0n) is 10.8. The molecule has 0 saturated carbocycles. The van der Waals surface area contributed by atoms with E-state index in [9.17, 15) is 13.2 Å². The molecule has 0 saturated heterocycles. The molecule has 0 atom stereocenters. The van der Waals surface area contributed by atoms with E-state index >= 15 is 0 Å². The Kier molecular flexibility index (Phi) is 6.11. The van der Waals surface area contributed by atoms with Crippen LogP contribution < -0.4 is 10.5 Å². The van der Waals surface area contributed by atoms with Gasteiger partial charge in [0.05, 0.1) is 12.2 Å². The van der Waals surface area contributed by atoms with Gasteiger partial charge >= 0.3 is 6.18 Å². The first-order chi connectivity index (χ1) is 8.99. The zero-order valence-corrected chi connectivity index (χ0v) is 10.8. The fourth-order valence-corrected chi connectivity index (χ4v) is 1.58. The fraction of sp³-hybridized carbons (Fsp3) is 0.538. The molecule has 0 aliphatic heterocycles. The molecule has 0 aliphatic carbocycles. The van der Waals surface area contributed by atoms with Crippen molar-refractivity contribution < 1.29 is 22.6 Å². The summed E-state index contributed by atoms with van der Waals surface area (Å²) in [6.07, 6.45) is -3.05. The van der Waals surface area contributed by atoms with Gasteiger partial charge in [0.1, 0.15) is 5.75 Å². The molecule has 0 unspecified atom stereocenters. The van der Waals surface area contributed by atoms with E-state index in [1.54, 1.807) is 13.2 Å². The summed E-state index contributed by atoms with van der Waals surface area (Å²) in [6.45, 7) is 0.868. The third-order valence-electron chi connectivity index (χ3n) is 2.59. The summed E-state index contributed by atoms with van der Waals surface area (Å²) >= 11 is 0. The number of alkyl halides is 3. The number of unbranched alkanes of at least 4 members (excludes halogenated alkanes) is 1. The van der Waals surface area contributed by atoms with Gasteiger partial charge in [-0.15, -0.1) is 0 Å². The molecule has 0 fully saturated rings. The van der Waals surface area contributed by atoms with Gasteiger partial charge in [-0.3, -0.25) is 0 Å². The largest absolute Gasteiger partial charge is 0.493 e. The highest BCUT2D eigenvalue weighted by Crippen LogP contribution is 2.36. The maximum atomic E-state index is 12.9. The first-order valence-electron chi connectivity index (χ1n) is 6.01. The second kappa shape index (κ2) is 7.35. The van der Waals surface area contributed by atoms with Gasteiger partial charge in [0.2, 0.25) is 0 Å². The molecule has 0 heterocycles. The molecule has 3 nitrogen and oxygen atoms in total. The highest BCUT2D eigenvalue weighted by molar-refractivity contribution is 5.39.